The quantitative estimate of drug-likeness (QED) is 0.757. The van der Waals surface area contributed by atoms with Gasteiger partial charge in [-0.15, -0.1) is 0 Å². The molecule has 6 nitrogen and oxygen atoms in total. The van der Waals surface area contributed by atoms with Crippen LogP contribution in [0.1, 0.15) is 58.8 Å². The number of hydrogen-bond donors (Lipinski definition) is 2. The minimum atomic E-state index is -0.576. The van der Waals surface area contributed by atoms with Gasteiger partial charge in [0.25, 0.3) is 0 Å². The number of likely N-dealkylation sites (tertiary alicyclic amines) is 1. The van der Waals surface area contributed by atoms with E-state index in [4.69, 9.17) is 5.26 Å². The summed E-state index contributed by atoms with van der Waals surface area (Å²) in [5.41, 5.74) is 0.471. The fourth-order valence-electron chi connectivity index (χ4n) is 4.00. The van der Waals surface area contributed by atoms with Crippen LogP contribution in [0.15, 0.2) is 0 Å². The zero-order valence-corrected chi connectivity index (χ0v) is 14.9. The van der Waals surface area contributed by atoms with Gasteiger partial charge < -0.3 is 15.5 Å². The van der Waals surface area contributed by atoms with Crippen LogP contribution < -0.4 is 10.6 Å². The van der Waals surface area contributed by atoms with Crippen molar-refractivity contribution in [2.45, 2.75) is 64.8 Å². The molecule has 0 aromatic heterocycles. The van der Waals surface area contributed by atoms with E-state index in [2.05, 4.69) is 10.6 Å². The smallest absolute Gasteiger partial charge is 0.318 e. The largest absolute Gasteiger partial charge is 0.341 e. The number of nitriles is 1. The Morgan fingerprint density at radius 3 is 2.33 bits per heavy atom. The molecule has 2 rings (SSSR count). The highest BCUT2D eigenvalue weighted by molar-refractivity contribution is 5.87. The van der Waals surface area contributed by atoms with Gasteiger partial charge >= 0.3 is 6.03 Å². The standard InChI is InChI=1S/C18H30N4O2/c1-14(2)13-15(16(23)20-10-9-19)21-17(24)22-11-7-18(8-12-22)5-3-4-6-18/h14-15H,3-8,10-13H2,1-2H3,(H,20,23)(H,21,24). The number of carbonyl (C=O) groups excluding carboxylic acids is 2. The average molecular weight is 334 g/mol. The lowest BCUT2D eigenvalue weighted by atomic mass is 9.77. The Hall–Kier alpha value is -1.77. The minimum absolute atomic E-state index is 0.0322. The molecule has 2 fully saturated rings. The molecule has 0 radical (unpaired) electrons. The van der Waals surface area contributed by atoms with Gasteiger partial charge in [0, 0.05) is 13.1 Å². The van der Waals surface area contributed by atoms with Gasteiger partial charge in [0.15, 0.2) is 0 Å². The number of nitrogens with one attached hydrogen (secondary N) is 2. The van der Waals surface area contributed by atoms with Crippen LogP contribution in [-0.4, -0.2) is 42.5 Å². The average Bonchev–Trinajstić information content (AvgIpc) is 3.00. The second-order valence-corrected chi connectivity index (χ2v) is 7.70. The number of carbonyl (C=O) groups is 2. The summed E-state index contributed by atoms with van der Waals surface area (Å²) >= 11 is 0. The van der Waals surface area contributed by atoms with Crippen LogP contribution in [0, 0.1) is 22.7 Å². The van der Waals surface area contributed by atoms with E-state index in [1.165, 1.54) is 25.7 Å². The Labute approximate surface area is 145 Å². The van der Waals surface area contributed by atoms with Crippen molar-refractivity contribution in [2.24, 2.45) is 11.3 Å². The summed E-state index contributed by atoms with van der Waals surface area (Å²) in [4.78, 5) is 26.5. The molecule has 6 heteroatoms. The van der Waals surface area contributed by atoms with Gasteiger partial charge in [-0.1, -0.05) is 26.7 Å². The number of urea groups is 1. The van der Waals surface area contributed by atoms with Crippen LogP contribution in [0.4, 0.5) is 4.79 Å². The number of rotatable bonds is 5. The van der Waals surface area contributed by atoms with Crippen molar-refractivity contribution in [3.63, 3.8) is 0 Å². The minimum Gasteiger partial charge on any atom is -0.341 e. The molecule has 1 atom stereocenters. The molecule has 1 saturated heterocycles. The number of piperidine rings is 1. The van der Waals surface area contributed by atoms with Crippen LogP contribution in [0.3, 0.4) is 0 Å². The molecule has 0 aromatic carbocycles. The number of nitrogens with zero attached hydrogens (tertiary/aromatic N) is 2. The molecular formula is C18H30N4O2. The summed E-state index contributed by atoms with van der Waals surface area (Å²) in [6, 6.07) is 1.17. The third-order valence-corrected chi connectivity index (χ3v) is 5.44. The molecule has 1 heterocycles. The Balaban J connectivity index is 1.87. The highest BCUT2D eigenvalue weighted by Crippen LogP contribution is 2.46. The highest BCUT2D eigenvalue weighted by Gasteiger charge is 2.38. The number of amides is 3. The van der Waals surface area contributed by atoms with Crippen LogP contribution in [0.25, 0.3) is 0 Å². The van der Waals surface area contributed by atoms with E-state index in [0.29, 0.717) is 11.8 Å². The van der Waals surface area contributed by atoms with Gasteiger partial charge in [0.2, 0.25) is 5.91 Å². The van der Waals surface area contributed by atoms with E-state index in [1.54, 1.807) is 0 Å². The first-order chi connectivity index (χ1) is 11.5. The highest BCUT2D eigenvalue weighted by atomic mass is 16.2. The summed E-state index contributed by atoms with van der Waals surface area (Å²) in [6.07, 6.45) is 7.97. The topological polar surface area (TPSA) is 85.2 Å². The van der Waals surface area contributed by atoms with Crippen molar-refractivity contribution in [3.8, 4) is 6.07 Å². The van der Waals surface area contributed by atoms with Gasteiger partial charge in [0.1, 0.15) is 12.6 Å². The van der Waals surface area contributed by atoms with Gasteiger partial charge in [-0.3, -0.25) is 4.79 Å². The van der Waals surface area contributed by atoms with Crippen LogP contribution in [0.5, 0.6) is 0 Å². The zero-order valence-electron chi connectivity index (χ0n) is 14.9. The van der Waals surface area contributed by atoms with Gasteiger partial charge in [0.05, 0.1) is 6.07 Å². The third-order valence-electron chi connectivity index (χ3n) is 5.44. The first-order valence-corrected chi connectivity index (χ1v) is 9.16. The molecule has 1 saturated carbocycles. The fraction of sp³-hybridized carbons (Fsp3) is 0.833. The summed E-state index contributed by atoms with van der Waals surface area (Å²) in [7, 11) is 0. The Morgan fingerprint density at radius 2 is 1.79 bits per heavy atom. The molecule has 3 amide bonds. The zero-order chi connectivity index (χ0) is 17.6. The Bertz CT molecular complexity index is 482. The van der Waals surface area contributed by atoms with Crippen molar-refractivity contribution in [2.75, 3.05) is 19.6 Å². The fourth-order valence-corrected chi connectivity index (χ4v) is 4.00. The second kappa shape index (κ2) is 8.36. The molecule has 0 bridgehead atoms. The van der Waals surface area contributed by atoms with Gasteiger partial charge in [-0.2, -0.15) is 5.26 Å². The molecule has 24 heavy (non-hydrogen) atoms. The molecule has 1 unspecified atom stereocenters. The molecule has 1 aliphatic heterocycles. The SMILES string of the molecule is CC(C)CC(NC(=O)N1CCC2(CCCC2)CC1)C(=O)NCC#N. The molecule has 1 spiro atoms. The maximum Gasteiger partial charge on any atom is 0.318 e. The van der Waals surface area contributed by atoms with E-state index < -0.39 is 6.04 Å². The summed E-state index contributed by atoms with van der Waals surface area (Å²) in [6.45, 7) is 5.55. The molecule has 1 aliphatic carbocycles. The van der Waals surface area contributed by atoms with Crippen LogP contribution in [-0.2, 0) is 4.79 Å². The van der Waals surface area contributed by atoms with Crippen molar-refractivity contribution >= 4 is 11.9 Å². The first kappa shape index (κ1) is 18.6. The molecule has 0 aromatic rings. The second-order valence-electron chi connectivity index (χ2n) is 7.70. The normalized spacial score (nSPS) is 20.7. The van der Waals surface area contributed by atoms with Crippen LogP contribution >= 0.6 is 0 Å². The van der Waals surface area contributed by atoms with E-state index >= 15 is 0 Å². The van der Waals surface area contributed by atoms with Crippen LogP contribution in [0.2, 0.25) is 0 Å². The van der Waals surface area contributed by atoms with E-state index in [-0.39, 0.29) is 24.4 Å². The Morgan fingerprint density at radius 1 is 1.17 bits per heavy atom. The molecule has 2 N–H and O–H groups in total. The maximum absolute atomic E-state index is 12.5. The predicted octanol–water partition coefficient (Wildman–Crippen LogP) is 2.41. The van der Waals surface area contributed by atoms with Crippen molar-refractivity contribution < 1.29 is 9.59 Å². The van der Waals surface area contributed by atoms with E-state index in [0.717, 1.165) is 25.9 Å². The first-order valence-electron chi connectivity index (χ1n) is 9.16. The lowest BCUT2D eigenvalue weighted by Crippen LogP contribution is -2.53. The van der Waals surface area contributed by atoms with Crippen molar-refractivity contribution in [1.82, 2.24) is 15.5 Å². The van der Waals surface area contributed by atoms with Crippen molar-refractivity contribution in [1.29, 1.82) is 5.26 Å². The Kier molecular flexibility index (Phi) is 6.47. The lowest BCUT2D eigenvalue weighted by Gasteiger charge is -2.39. The molecular weight excluding hydrogens is 304 g/mol. The predicted molar refractivity (Wildman–Crippen MR) is 92.1 cm³/mol. The summed E-state index contributed by atoms with van der Waals surface area (Å²) < 4.78 is 0. The van der Waals surface area contributed by atoms with Gasteiger partial charge in [-0.05, 0) is 43.4 Å². The monoisotopic (exact) mass is 334 g/mol. The summed E-state index contributed by atoms with van der Waals surface area (Å²) in [5.74, 6) is 0.00845. The van der Waals surface area contributed by atoms with E-state index in [1.807, 2.05) is 24.8 Å². The van der Waals surface area contributed by atoms with E-state index in [9.17, 15) is 9.59 Å². The van der Waals surface area contributed by atoms with Crippen molar-refractivity contribution in [3.05, 3.63) is 0 Å². The summed E-state index contributed by atoms with van der Waals surface area (Å²) in [5, 5.41) is 14.0. The third kappa shape index (κ3) is 4.86. The lowest BCUT2D eigenvalue weighted by molar-refractivity contribution is -0.123. The van der Waals surface area contributed by atoms with Gasteiger partial charge in [-0.25, -0.2) is 4.79 Å². The molecule has 2 aliphatic rings. The number of hydrogen-bond acceptors (Lipinski definition) is 3. The molecule has 134 valence electrons. The maximum atomic E-state index is 12.5.